The summed E-state index contributed by atoms with van der Waals surface area (Å²) in [7, 11) is 0. The molecule has 3 aliphatic rings. The summed E-state index contributed by atoms with van der Waals surface area (Å²) >= 11 is 7.13. The SMILES string of the molecule is O=C1[C@@H]2[C@H]3O[C@@H]([C@H](Br)[C@H]3Br)[C@@H]2C(=O)N1c1ccccc1. The minimum Gasteiger partial charge on any atom is -0.371 e. The van der Waals surface area contributed by atoms with Crippen LogP contribution in [-0.2, 0) is 14.3 Å². The molecule has 1 aromatic carbocycles. The third-order valence-corrected chi connectivity index (χ3v) is 7.26. The molecule has 0 aliphatic carbocycles. The first-order valence-corrected chi connectivity index (χ1v) is 8.31. The number of carbonyl (C=O) groups excluding carboxylic acids is 2. The van der Waals surface area contributed by atoms with E-state index in [1.807, 2.05) is 18.2 Å². The van der Waals surface area contributed by atoms with E-state index in [1.54, 1.807) is 12.1 Å². The number of imide groups is 1. The van der Waals surface area contributed by atoms with E-state index in [0.717, 1.165) is 0 Å². The molecule has 3 saturated heterocycles. The number of rotatable bonds is 1. The fourth-order valence-corrected chi connectivity index (χ4v) is 5.00. The van der Waals surface area contributed by atoms with Crippen molar-refractivity contribution in [1.82, 2.24) is 0 Å². The van der Waals surface area contributed by atoms with Crippen LogP contribution < -0.4 is 4.90 Å². The molecule has 3 fully saturated rings. The van der Waals surface area contributed by atoms with Crippen molar-refractivity contribution in [2.24, 2.45) is 11.8 Å². The molecule has 0 saturated carbocycles. The Labute approximate surface area is 132 Å². The maximum atomic E-state index is 12.6. The van der Waals surface area contributed by atoms with Gasteiger partial charge in [-0.1, -0.05) is 50.1 Å². The van der Waals surface area contributed by atoms with Gasteiger partial charge in [0, 0.05) is 0 Å². The molecule has 0 N–H and O–H groups in total. The molecule has 20 heavy (non-hydrogen) atoms. The molecule has 0 radical (unpaired) electrons. The zero-order chi connectivity index (χ0) is 14.0. The molecule has 3 heterocycles. The average molecular weight is 401 g/mol. The van der Waals surface area contributed by atoms with Gasteiger partial charge < -0.3 is 4.74 Å². The zero-order valence-electron chi connectivity index (χ0n) is 10.3. The smallest absolute Gasteiger partial charge is 0.240 e. The molecule has 1 aromatic rings. The van der Waals surface area contributed by atoms with Gasteiger partial charge in [-0.15, -0.1) is 0 Å². The summed E-state index contributed by atoms with van der Waals surface area (Å²) in [5, 5.41) is 0. The summed E-state index contributed by atoms with van der Waals surface area (Å²) in [5.74, 6) is -0.984. The monoisotopic (exact) mass is 399 g/mol. The molecule has 6 atom stereocenters. The first-order valence-electron chi connectivity index (χ1n) is 6.47. The molecule has 4 nitrogen and oxygen atoms in total. The number of para-hydroxylation sites is 1. The molecule has 4 rings (SSSR count). The fourth-order valence-electron chi connectivity index (χ4n) is 3.49. The second-order valence-electron chi connectivity index (χ2n) is 5.35. The topological polar surface area (TPSA) is 46.6 Å². The van der Waals surface area contributed by atoms with E-state index >= 15 is 0 Å². The van der Waals surface area contributed by atoms with Crippen LogP contribution in [0.4, 0.5) is 5.69 Å². The van der Waals surface area contributed by atoms with Gasteiger partial charge in [0.2, 0.25) is 11.8 Å². The highest BCUT2D eigenvalue weighted by atomic mass is 79.9. The number of ether oxygens (including phenoxy) is 1. The molecule has 3 aliphatic heterocycles. The molecule has 2 bridgehead atoms. The largest absolute Gasteiger partial charge is 0.371 e. The Kier molecular flexibility index (Phi) is 2.85. The molecular formula is C14H11Br2NO3. The first kappa shape index (κ1) is 13.0. The number of fused-ring (bicyclic) bond motifs is 5. The third-order valence-electron chi connectivity index (χ3n) is 4.37. The quantitative estimate of drug-likeness (QED) is 0.535. The van der Waals surface area contributed by atoms with E-state index in [4.69, 9.17) is 4.74 Å². The number of carbonyl (C=O) groups is 2. The Hall–Kier alpha value is -0.720. The maximum absolute atomic E-state index is 12.6. The Morgan fingerprint density at radius 3 is 1.90 bits per heavy atom. The van der Waals surface area contributed by atoms with Crippen LogP contribution in [0, 0.1) is 11.8 Å². The number of hydrogen-bond donors (Lipinski definition) is 0. The predicted octanol–water partition coefficient (Wildman–Crippen LogP) is 2.10. The van der Waals surface area contributed by atoms with Crippen molar-refractivity contribution in [3.05, 3.63) is 30.3 Å². The van der Waals surface area contributed by atoms with Crippen LogP contribution in [0.2, 0.25) is 0 Å². The number of hydrogen-bond acceptors (Lipinski definition) is 3. The number of anilines is 1. The second kappa shape index (κ2) is 4.39. The van der Waals surface area contributed by atoms with Crippen molar-refractivity contribution in [3.8, 4) is 0 Å². The summed E-state index contributed by atoms with van der Waals surface area (Å²) in [6, 6.07) is 9.10. The molecule has 0 unspecified atom stereocenters. The van der Waals surface area contributed by atoms with Gasteiger partial charge in [0.15, 0.2) is 0 Å². The lowest BCUT2D eigenvalue weighted by molar-refractivity contribution is -0.124. The van der Waals surface area contributed by atoms with Crippen LogP contribution in [0.5, 0.6) is 0 Å². The van der Waals surface area contributed by atoms with Crippen molar-refractivity contribution in [3.63, 3.8) is 0 Å². The van der Waals surface area contributed by atoms with Crippen molar-refractivity contribution in [1.29, 1.82) is 0 Å². The van der Waals surface area contributed by atoms with E-state index in [9.17, 15) is 9.59 Å². The van der Waals surface area contributed by atoms with Crippen molar-refractivity contribution in [2.75, 3.05) is 4.90 Å². The van der Waals surface area contributed by atoms with Gasteiger partial charge in [0.05, 0.1) is 39.4 Å². The molecular weight excluding hydrogens is 390 g/mol. The minimum absolute atomic E-state index is 0.0706. The Morgan fingerprint density at radius 2 is 1.40 bits per heavy atom. The van der Waals surface area contributed by atoms with Gasteiger partial charge in [-0.25, -0.2) is 4.90 Å². The highest BCUT2D eigenvalue weighted by molar-refractivity contribution is 9.12. The van der Waals surface area contributed by atoms with Crippen LogP contribution in [0.1, 0.15) is 0 Å². The van der Waals surface area contributed by atoms with E-state index in [2.05, 4.69) is 31.9 Å². The van der Waals surface area contributed by atoms with Crippen LogP contribution in [0.3, 0.4) is 0 Å². The number of alkyl halides is 2. The predicted molar refractivity (Wildman–Crippen MR) is 80.0 cm³/mol. The Balaban J connectivity index is 1.75. The van der Waals surface area contributed by atoms with Crippen LogP contribution >= 0.6 is 31.9 Å². The van der Waals surface area contributed by atoms with Crippen LogP contribution in [0.15, 0.2) is 30.3 Å². The van der Waals surface area contributed by atoms with Gasteiger partial charge in [-0.2, -0.15) is 0 Å². The lowest BCUT2D eigenvalue weighted by Gasteiger charge is -2.24. The second-order valence-corrected chi connectivity index (χ2v) is 7.47. The molecule has 2 amide bonds. The molecule has 104 valence electrons. The van der Waals surface area contributed by atoms with Gasteiger partial charge in [0.25, 0.3) is 0 Å². The lowest BCUT2D eigenvalue weighted by atomic mass is 9.81. The van der Waals surface area contributed by atoms with E-state index < -0.39 is 0 Å². The van der Waals surface area contributed by atoms with Crippen molar-refractivity contribution in [2.45, 2.75) is 21.9 Å². The highest BCUT2D eigenvalue weighted by Crippen LogP contribution is 2.53. The van der Waals surface area contributed by atoms with Gasteiger partial charge in [-0.05, 0) is 12.1 Å². The minimum atomic E-state index is -0.356. The number of nitrogens with zero attached hydrogens (tertiary/aromatic N) is 1. The summed E-state index contributed by atoms with van der Waals surface area (Å²) in [4.78, 5) is 26.7. The van der Waals surface area contributed by atoms with E-state index in [0.29, 0.717) is 5.69 Å². The lowest BCUT2D eigenvalue weighted by Crippen LogP contribution is -2.42. The number of halogens is 2. The van der Waals surface area contributed by atoms with E-state index in [-0.39, 0.29) is 45.5 Å². The molecule has 0 aromatic heterocycles. The van der Waals surface area contributed by atoms with Crippen molar-refractivity contribution < 1.29 is 14.3 Å². The maximum Gasteiger partial charge on any atom is 0.240 e. The zero-order valence-corrected chi connectivity index (χ0v) is 13.5. The third kappa shape index (κ3) is 1.50. The van der Waals surface area contributed by atoms with E-state index in [1.165, 1.54) is 4.90 Å². The standard InChI is InChI=1S/C14H11Br2NO3/c15-9-10(16)12-8-7(11(9)20-12)13(18)17(14(8)19)6-4-2-1-3-5-6/h1-5,7-12H/t7-,8+,9-,10-,11-,12-/m1/s1. The van der Waals surface area contributed by atoms with Gasteiger partial charge in [0.1, 0.15) is 0 Å². The van der Waals surface area contributed by atoms with Gasteiger partial charge >= 0.3 is 0 Å². The first-order chi connectivity index (χ1) is 9.61. The normalized spacial score (nSPS) is 42.4. The number of amides is 2. The van der Waals surface area contributed by atoms with Crippen molar-refractivity contribution >= 4 is 49.4 Å². The molecule has 6 heteroatoms. The summed E-state index contributed by atoms with van der Waals surface area (Å²) in [6.45, 7) is 0. The summed E-state index contributed by atoms with van der Waals surface area (Å²) < 4.78 is 5.83. The Morgan fingerprint density at radius 1 is 0.900 bits per heavy atom. The fraction of sp³-hybridized carbons (Fsp3) is 0.429. The number of benzene rings is 1. The average Bonchev–Trinajstić information content (AvgIpc) is 3.05. The van der Waals surface area contributed by atoms with Gasteiger partial charge in [-0.3, -0.25) is 9.59 Å². The molecule has 0 spiro atoms. The summed E-state index contributed by atoms with van der Waals surface area (Å²) in [6.07, 6.45) is -0.445. The van der Waals surface area contributed by atoms with Crippen LogP contribution in [-0.4, -0.2) is 33.7 Å². The van der Waals surface area contributed by atoms with Crippen LogP contribution in [0.25, 0.3) is 0 Å². The highest BCUT2D eigenvalue weighted by Gasteiger charge is 2.68. The summed E-state index contributed by atoms with van der Waals surface area (Å²) in [5.41, 5.74) is 0.647. The Bertz CT molecular complexity index is 561.